The van der Waals surface area contributed by atoms with E-state index in [0.717, 1.165) is 22.1 Å². The van der Waals surface area contributed by atoms with Crippen LogP contribution >= 0.6 is 34.2 Å². The van der Waals surface area contributed by atoms with Gasteiger partial charge in [0, 0.05) is 14.8 Å². The van der Waals surface area contributed by atoms with Crippen LogP contribution in [-0.4, -0.2) is 5.91 Å². The van der Waals surface area contributed by atoms with Crippen molar-refractivity contribution in [1.82, 2.24) is 0 Å². The number of rotatable bonds is 2. The summed E-state index contributed by atoms with van der Waals surface area (Å²) in [6.07, 6.45) is 4.57. The van der Waals surface area contributed by atoms with Gasteiger partial charge in [0.1, 0.15) is 0 Å². The van der Waals surface area contributed by atoms with E-state index >= 15 is 0 Å². The first-order valence-electron chi connectivity index (χ1n) is 7.02. The first-order valence-corrected chi connectivity index (χ1v) is 8.48. The highest BCUT2D eigenvalue weighted by molar-refractivity contribution is 14.1. The minimum absolute atomic E-state index is 0.104. The molecule has 1 amide bonds. The fourth-order valence-electron chi connectivity index (χ4n) is 2.73. The molecule has 1 aliphatic carbocycles. The molecule has 0 fully saturated rings. The molecule has 0 spiro atoms. The van der Waals surface area contributed by atoms with Crippen molar-refractivity contribution in [3.8, 4) is 0 Å². The molecule has 0 atom stereocenters. The number of hydrogen-bond acceptors (Lipinski definition) is 1. The van der Waals surface area contributed by atoms with Crippen LogP contribution in [0.25, 0.3) is 0 Å². The summed E-state index contributed by atoms with van der Waals surface area (Å²) in [4.78, 5) is 12.4. The molecule has 0 bridgehead atoms. The number of halogens is 2. The van der Waals surface area contributed by atoms with Crippen LogP contribution < -0.4 is 5.32 Å². The lowest BCUT2D eigenvalue weighted by atomic mass is 9.90. The number of nitrogens with one attached hydrogen (secondary N) is 1. The van der Waals surface area contributed by atoms with Crippen LogP contribution in [0.1, 0.15) is 34.3 Å². The topological polar surface area (TPSA) is 29.1 Å². The van der Waals surface area contributed by atoms with Crippen molar-refractivity contribution in [2.45, 2.75) is 25.7 Å². The molecule has 4 heteroatoms. The van der Waals surface area contributed by atoms with Gasteiger partial charge >= 0.3 is 0 Å². The Balaban J connectivity index is 1.86. The molecule has 1 aliphatic rings. The smallest absolute Gasteiger partial charge is 0.255 e. The molecule has 0 aromatic heterocycles. The van der Waals surface area contributed by atoms with Gasteiger partial charge < -0.3 is 5.32 Å². The Morgan fingerprint density at radius 1 is 1.14 bits per heavy atom. The lowest BCUT2D eigenvalue weighted by Crippen LogP contribution is -2.15. The maximum absolute atomic E-state index is 12.4. The van der Waals surface area contributed by atoms with Crippen LogP contribution in [0.4, 0.5) is 5.69 Å². The minimum atomic E-state index is -0.104. The number of fused-ring (bicyclic) bond motifs is 1. The van der Waals surface area contributed by atoms with Crippen molar-refractivity contribution >= 4 is 45.8 Å². The zero-order valence-corrected chi connectivity index (χ0v) is 14.4. The molecule has 0 saturated heterocycles. The van der Waals surface area contributed by atoms with E-state index in [4.69, 9.17) is 11.6 Å². The van der Waals surface area contributed by atoms with E-state index in [9.17, 15) is 4.79 Å². The summed E-state index contributed by atoms with van der Waals surface area (Å²) in [6, 6.07) is 11.5. The Bertz CT molecular complexity index is 699. The van der Waals surface area contributed by atoms with Gasteiger partial charge in [-0.2, -0.15) is 0 Å². The number of aryl methyl sites for hydroxylation is 1. The van der Waals surface area contributed by atoms with E-state index in [1.54, 1.807) is 12.1 Å². The molecular weight excluding hydrogens is 397 g/mol. The van der Waals surface area contributed by atoms with Crippen LogP contribution in [0.15, 0.2) is 36.4 Å². The molecule has 21 heavy (non-hydrogen) atoms. The lowest BCUT2D eigenvalue weighted by Gasteiger charge is -2.19. The standard InChI is InChI=1S/C17H15ClINO/c18-14-10-12(8-9-15(14)19)17(21)20-16-7-3-5-11-4-1-2-6-13(11)16/h3,5,7-10H,1-2,4,6H2,(H,20,21). The van der Waals surface area contributed by atoms with Crippen molar-refractivity contribution in [2.75, 3.05) is 5.32 Å². The highest BCUT2D eigenvalue weighted by Crippen LogP contribution is 2.28. The molecule has 1 N–H and O–H groups in total. The minimum Gasteiger partial charge on any atom is -0.322 e. The second-order valence-electron chi connectivity index (χ2n) is 5.23. The fraction of sp³-hybridized carbons (Fsp3) is 0.235. The van der Waals surface area contributed by atoms with E-state index < -0.39 is 0 Å². The summed E-state index contributed by atoms with van der Waals surface area (Å²) >= 11 is 8.24. The van der Waals surface area contributed by atoms with Crippen LogP contribution in [0, 0.1) is 3.57 Å². The molecule has 3 rings (SSSR count). The Morgan fingerprint density at radius 2 is 1.95 bits per heavy atom. The van der Waals surface area contributed by atoms with E-state index in [0.29, 0.717) is 10.6 Å². The average Bonchev–Trinajstić information content (AvgIpc) is 2.50. The van der Waals surface area contributed by atoms with Gasteiger partial charge in [0.15, 0.2) is 0 Å². The molecule has 108 valence electrons. The van der Waals surface area contributed by atoms with Crippen molar-refractivity contribution in [2.24, 2.45) is 0 Å². The predicted molar refractivity (Wildman–Crippen MR) is 95.2 cm³/mol. The number of hydrogen-bond donors (Lipinski definition) is 1. The van der Waals surface area contributed by atoms with Gasteiger partial charge in [0.25, 0.3) is 5.91 Å². The number of benzene rings is 2. The molecule has 0 radical (unpaired) electrons. The summed E-state index contributed by atoms with van der Waals surface area (Å²) < 4.78 is 0.947. The third-order valence-electron chi connectivity index (χ3n) is 3.83. The molecule has 2 aromatic rings. The number of amides is 1. The first kappa shape index (κ1) is 14.9. The van der Waals surface area contributed by atoms with Gasteiger partial charge in [-0.25, -0.2) is 0 Å². The maximum Gasteiger partial charge on any atom is 0.255 e. The zero-order valence-electron chi connectivity index (χ0n) is 11.5. The van der Waals surface area contributed by atoms with Gasteiger partial charge in [-0.1, -0.05) is 23.7 Å². The third-order valence-corrected chi connectivity index (χ3v) is 5.40. The number of carbonyl (C=O) groups excluding carboxylic acids is 1. The fourth-order valence-corrected chi connectivity index (χ4v) is 3.25. The van der Waals surface area contributed by atoms with Crippen molar-refractivity contribution < 1.29 is 4.79 Å². The maximum atomic E-state index is 12.4. The summed E-state index contributed by atoms with van der Waals surface area (Å²) in [7, 11) is 0. The summed E-state index contributed by atoms with van der Waals surface area (Å²) in [5, 5.41) is 3.64. The Morgan fingerprint density at radius 3 is 2.76 bits per heavy atom. The van der Waals surface area contributed by atoms with Crippen molar-refractivity contribution in [1.29, 1.82) is 0 Å². The SMILES string of the molecule is O=C(Nc1cccc2c1CCCC2)c1ccc(I)c(Cl)c1. The molecule has 0 saturated carbocycles. The van der Waals surface area contributed by atoms with Gasteiger partial charge in [-0.3, -0.25) is 4.79 Å². The first-order chi connectivity index (χ1) is 10.1. The summed E-state index contributed by atoms with van der Waals surface area (Å²) in [6.45, 7) is 0. The normalized spacial score (nSPS) is 13.6. The quantitative estimate of drug-likeness (QED) is 0.686. The third kappa shape index (κ3) is 3.24. The average molecular weight is 412 g/mol. The molecule has 2 aromatic carbocycles. The van der Waals surface area contributed by atoms with E-state index in [1.807, 2.05) is 18.2 Å². The monoisotopic (exact) mass is 411 g/mol. The van der Waals surface area contributed by atoms with Crippen molar-refractivity contribution in [3.05, 3.63) is 61.7 Å². The number of carbonyl (C=O) groups is 1. The van der Waals surface area contributed by atoms with E-state index in [-0.39, 0.29) is 5.91 Å². The Kier molecular flexibility index (Phi) is 4.50. The van der Waals surface area contributed by atoms with Crippen LogP contribution in [0.2, 0.25) is 5.02 Å². The highest BCUT2D eigenvalue weighted by Gasteiger charge is 2.15. The second-order valence-corrected chi connectivity index (χ2v) is 6.80. The highest BCUT2D eigenvalue weighted by atomic mass is 127. The molecule has 0 heterocycles. The van der Waals surface area contributed by atoms with Crippen LogP contribution in [-0.2, 0) is 12.8 Å². The lowest BCUT2D eigenvalue weighted by molar-refractivity contribution is 0.102. The molecule has 0 unspecified atom stereocenters. The predicted octanol–water partition coefficient (Wildman–Crippen LogP) is 5.08. The van der Waals surface area contributed by atoms with Gasteiger partial charge in [-0.15, -0.1) is 0 Å². The zero-order chi connectivity index (χ0) is 14.8. The Hall–Kier alpha value is -1.07. The summed E-state index contributed by atoms with van der Waals surface area (Å²) in [5.74, 6) is -0.104. The molecule has 0 aliphatic heterocycles. The summed E-state index contributed by atoms with van der Waals surface area (Å²) in [5.41, 5.74) is 4.18. The largest absolute Gasteiger partial charge is 0.322 e. The van der Waals surface area contributed by atoms with Gasteiger partial charge in [0.05, 0.1) is 5.02 Å². The van der Waals surface area contributed by atoms with Crippen LogP contribution in [0.5, 0.6) is 0 Å². The molecule has 2 nitrogen and oxygen atoms in total. The molecular formula is C17H15ClINO. The van der Waals surface area contributed by atoms with Gasteiger partial charge in [0.2, 0.25) is 0 Å². The van der Waals surface area contributed by atoms with Gasteiger partial charge in [-0.05, 0) is 83.7 Å². The Labute approximate surface area is 143 Å². The second kappa shape index (κ2) is 6.36. The number of anilines is 1. The van der Waals surface area contributed by atoms with E-state index in [1.165, 1.54) is 24.0 Å². The van der Waals surface area contributed by atoms with Crippen LogP contribution in [0.3, 0.4) is 0 Å². The van der Waals surface area contributed by atoms with Crippen molar-refractivity contribution in [3.63, 3.8) is 0 Å². The van der Waals surface area contributed by atoms with E-state index in [2.05, 4.69) is 34.0 Å².